The Hall–Kier alpha value is -8.06. The minimum atomic E-state index is -4.71. The van der Waals surface area contributed by atoms with Crippen molar-refractivity contribution in [1.82, 2.24) is 40.1 Å². The Balaban J connectivity index is 0.000000197. The van der Waals surface area contributed by atoms with Gasteiger partial charge in [-0.3, -0.25) is 9.59 Å². The quantitative estimate of drug-likeness (QED) is 0.0371. The summed E-state index contributed by atoms with van der Waals surface area (Å²) in [6, 6.07) is 24.6. The third-order valence-corrected chi connectivity index (χ3v) is 15.2. The van der Waals surface area contributed by atoms with E-state index in [1.54, 1.807) is 71.6 Å². The molecule has 8 aromatic rings. The smallest absolute Gasteiger partial charge is 0.378 e. The average molecular weight is 1120 g/mol. The van der Waals surface area contributed by atoms with Gasteiger partial charge in [-0.05, 0) is 66.7 Å². The molecule has 5 N–H and O–H groups in total. The first-order chi connectivity index (χ1) is 38.3. The fourth-order valence-corrected chi connectivity index (χ4v) is 9.95. The van der Waals surface area contributed by atoms with Crippen LogP contribution in [-0.2, 0) is 33.3 Å². The van der Waals surface area contributed by atoms with Gasteiger partial charge in [-0.1, -0.05) is 43.9 Å². The van der Waals surface area contributed by atoms with Gasteiger partial charge in [0, 0.05) is 107 Å². The molecule has 2 amide bonds. The van der Waals surface area contributed by atoms with Crippen molar-refractivity contribution in [2.75, 3.05) is 93.7 Å². The number of amides is 2. The number of nitrogens with zero attached hydrogens (tertiary/aromatic N) is 7. The van der Waals surface area contributed by atoms with Crippen molar-refractivity contribution in [3.63, 3.8) is 0 Å². The number of carbonyl (C=O) groups is 2. The van der Waals surface area contributed by atoms with E-state index in [4.69, 9.17) is 14.2 Å². The molecule has 420 valence electrons. The molecule has 24 heteroatoms. The first-order valence-electron chi connectivity index (χ1n) is 25.8. The minimum Gasteiger partial charge on any atom is -0.378 e. The van der Waals surface area contributed by atoms with E-state index in [1.807, 2.05) is 24.3 Å². The molecule has 2 aliphatic rings. The molecule has 0 saturated carbocycles. The third-order valence-electron chi connectivity index (χ3n) is 13.5. The van der Waals surface area contributed by atoms with E-state index in [9.17, 15) is 35.9 Å². The Morgan fingerprint density at radius 3 is 1.62 bits per heavy atom. The zero-order valence-electron chi connectivity index (χ0n) is 44.6. The number of hydrogen-bond acceptors (Lipinski definition) is 13. The van der Waals surface area contributed by atoms with Crippen molar-refractivity contribution in [2.24, 2.45) is 0 Å². The highest BCUT2D eigenvalue weighted by Gasteiger charge is 2.37. The van der Waals surface area contributed by atoms with E-state index in [0.717, 1.165) is 56.3 Å². The molecule has 2 fully saturated rings. The van der Waals surface area contributed by atoms with Crippen LogP contribution >= 0.6 is 0 Å². The number of aromatic amines is 1. The molecular formula is C56H60F6N12O5Si. The molecule has 0 radical (unpaired) electrons. The molecule has 80 heavy (non-hydrogen) atoms. The number of halogens is 6. The topological polar surface area (TPSA) is 189 Å². The molecule has 0 atom stereocenters. The van der Waals surface area contributed by atoms with Crippen LogP contribution in [-0.4, -0.2) is 123 Å². The second kappa shape index (κ2) is 24.1. The summed E-state index contributed by atoms with van der Waals surface area (Å²) in [7, 11) is 1.56. The van der Waals surface area contributed by atoms with Crippen LogP contribution in [0.5, 0.6) is 0 Å². The van der Waals surface area contributed by atoms with Gasteiger partial charge in [0.25, 0.3) is 11.8 Å². The first-order valence-corrected chi connectivity index (χ1v) is 29.5. The zero-order valence-corrected chi connectivity index (χ0v) is 45.6. The number of morpholine rings is 2. The number of hydrogen-bond donors (Lipinski definition) is 5. The van der Waals surface area contributed by atoms with Crippen LogP contribution in [0.1, 0.15) is 31.8 Å². The summed E-state index contributed by atoms with van der Waals surface area (Å²) in [5.41, 5.74) is 1.84. The molecule has 0 bridgehead atoms. The van der Waals surface area contributed by atoms with Gasteiger partial charge in [-0.25, -0.2) is 19.9 Å². The van der Waals surface area contributed by atoms with Crippen LogP contribution in [0.25, 0.3) is 44.6 Å². The van der Waals surface area contributed by atoms with Crippen LogP contribution in [0.2, 0.25) is 25.7 Å². The van der Waals surface area contributed by atoms with Gasteiger partial charge in [0.2, 0.25) is 0 Å². The van der Waals surface area contributed by atoms with E-state index in [0.29, 0.717) is 61.2 Å². The first kappa shape index (κ1) is 56.7. The van der Waals surface area contributed by atoms with Gasteiger partial charge >= 0.3 is 12.4 Å². The van der Waals surface area contributed by atoms with Gasteiger partial charge in [-0.15, -0.1) is 0 Å². The maximum absolute atomic E-state index is 14.4. The van der Waals surface area contributed by atoms with E-state index in [2.05, 4.69) is 75.6 Å². The molecule has 2 aromatic carbocycles. The van der Waals surface area contributed by atoms with Crippen molar-refractivity contribution in [3.8, 4) is 22.5 Å². The highest BCUT2D eigenvalue weighted by atomic mass is 28.3. The number of fused-ring (bicyclic) bond motifs is 2. The Morgan fingerprint density at radius 2 is 1.14 bits per heavy atom. The van der Waals surface area contributed by atoms with Crippen molar-refractivity contribution in [2.45, 2.75) is 44.8 Å². The maximum atomic E-state index is 14.4. The second-order valence-electron chi connectivity index (χ2n) is 20.1. The largest absolute Gasteiger partial charge is 0.419 e. The molecular weight excluding hydrogens is 1060 g/mol. The summed E-state index contributed by atoms with van der Waals surface area (Å²) >= 11 is 0. The number of anilines is 6. The lowest BCUT2D eigenvalue weighted by Crippen LogP contribution is -2.36. The normalized spacial score (nSPS) is 14.2. The third kappa shape index (κ3) is 13.0. The summed E-state index contributed by atoms with van der Waals surface area (Å²) in [6.07, 6.45) is -4.36. The van der Waals surface area contributed by atoms with E-state index in [-0.39, 0.29) is 57.0 Å². The van der Waals surface area contributed by atoms with Crippen LogP contribution < -0.4 is 31.1 Å². The van der Waals surface area contributed by atoms with Gasteiger partial charge < -0.3 is 54.8 Å². The molecule has 2 aliphatic heterocycles. The highest BCUT2D eigenvalue weighted by molar-refractivity contribution is 6.76. The molecule has 0 aliphatic carbocycles. The van der Waals surface area contributed by atoms with E-state index in [1.165, 1.54) is 20.2 Å². The molecule has 17 nitrogen and oxygen atoms in total. The monoisotopic (exact) mass is 1120 g/mol. The fourth-order valence-electron chi connectivity index (χ4n) is 9.19. The lowest BCUT2D eigenvalue weighted by Gasteiger charge is -2.27. The Kier molecular flexibility index (Phi) is 17.1. The summed E-state index contributed by atoms with van der Waals surface area (Å²) in [5.74, 6) is 0.770. The second-order valence-corrected chi connectivity index (χ2v) is 25.7. The number of pyridine rings is 4. The molecule has 10 rings (SSSR count). The predicted octanol–water partition coefficient (Wildman–Crippen LogP) is 11.0. The van der Waals surface area contributed by atoms with Crippen LogP contribution in [0.4, 0.5) is 60.7 Å². The molecule has 6 aromatic heterocycles. The maximum Gasteiger partial charge on any atom is 0.419 e. The number of carbonyl (C=O) groups excluding carboxylic acids is 2. The number of para-hydroxylation sites is 2. The van der Waals surface area contributed by atoms with Crippen LogP contribution in [0.3, 0.4) is 0 Å². The van der Waals surface area contributed by atoms with E-state index >= 15 is 0 Å². The Morgan fingerprint density at radius 1 is 0.637 bits per heavy atom. The van der Waals surface area contributed by atoms with Crippen molar-refractivity contribution < 1.29 is 50.1 Å². The SMILES string of the molecule is CNC(=O)c1ccccc1Nc1c(C(F)(F)F)cnc2[nH]c(-c3ccc(N4CCOCC4)nc3)cc12.CNC(=O)c1ccccc1Nc1c(C(F)(F)F)cnc2c1cc(-c1ccc(N3CCOCC3)nc1)n2COCC[Si](C)(C)C. The predicted molar refractivity (Wildman–Crippen MR) is 299 cm³/mol. The highest BCUT2D eigenvalue weighted by Crippen LogP contribution is 2.44. The zero-order chi connectivity index (χ0) is 56.8. The average Bonchev–Trinajstić information content (AvgIpc) is 4.12. The number of H-pyrrole nitrogens is 1. The number of nitrogens with one attached hydrogen (secondary N) is 5. The standard InChI is InChI=1S/C31H37F3N6O3Si.C25H23F3N6O2/c1-35-30(41)22-7-5-6-8-25(22)38-28-23-17-26(21-9-10-27(36-18-21)39-11-13-42-14-12-39)40(20-43-15-16-44(2,3)4)29(23)37-19-24(28)31(32,33)34;1-29-24(35)16-4-2-3-5-19(16)32-22-17-12-20(33-23(17)31-14-18(22)25(26,27)28)15-6-7-21(30-13-15)34-8-10-36-11-9-34/h5-10,17-19H,11-16,20H2,1-4H3,(H,35,41)(H,37,38);2-7,12-14H,8-11H2,1H3,(H,29,35)(H2,31,32,33). The summed E-state index contributed by atoms with van der Waals surface area (Å²) in [5, 5.41) is 11.3. The number of rotatable bonds is 15. The number of aromatic nitrogens is 6. The minimum absolute atomic E-state index is 0.0984. The number of alkyl halides is 6. The fraction of sp³-hybridized carbons (Fsp3) is 0.321. The summed E-state index contributed by atoms with van der Waals surface area (Å²) in [4.78, 5) is 49.7. The van der Waals surface area contributed by atoms with Crippen molar-refractivity contribution in [3.05, 3.63) is 132 Å². The summed E-state index contributed by atoms with van der Waals surface area (Å²) in [6.45, 7) is 12.9. The number of benzene rings is 2. The van der Waals surface area contributed by atoms with Gasteiger partial charge in [0.15, 0.2) is 0 Å². The van der Waals surface area contributed by atoms with Crippen LogP contribution in [0, 0.1) is 0 Å². The van der Waals surface area contributed by atoms with Gasteiger partial charge in [0.1, 0.15) is 29.7 Å². The van der Waals surface area contributed by atoms with Crippen molar-refractivity contribution >= 4 is 76.3 Å². The summed E-state index contributed by atoms with van der Waals surface area (Å²) < 4.78 is 104. The molecule has 0 unspecified atom stereocenters. The Labute approximate surface area is 458 Å². The molecule has 8 heterocycles. The van der Waals surface area contributed by atoms with Crippen LogP contribution in [0.15, 0.2) is 110 Å². The van der Waals surface area contributed by atoms with Gasteiger partial charge in [0.05, 0.1) is 77.1 Å². The molecule has 0 spiro atoms. The van der Waals surface area contributed by atoms with E-state index < -0.39 is 43.4 Å². The lowest BCUT2D eigenvalue weighted by molar-refractivity contribution is -0.137. The Bertz CT molecular complexity index is 3460. The number of ether oxygens (including phenoxy) is 3. The molecule has 2 saturated heterocycles. The van der Waals surface area contributed by atoms with Gasteiger partial charge in [-0.2, -0.15) is 26.3 Å². The lowest BCUT2D eigenvalue weighted by atomic mass is 10.1. The van der Waals surface area contributed by atoms with Crippen molar-refractivity contribution in [1.29, 1.82) is 0 Å².